The maximum atomic E-state index is 13.0. The first-order chi connectivity index (χ1) is 13.1. The molecule has 0 saturated carbocycles. The van der Waals surface area contributed by atoms with Gasteiger partial charge in [-0.2, -0.15) is 4.31 Å². The normalized spacial score (nSPS) is 16.6. The number of amides is 1. The molecule has 0 bridgehead atoms. The molecular weight excluding hydrogens is 388 g/mol. The van der Waals surface area contributed by atoms with Crippen LogP contribution in [0.3, 0.4) is 0 Å². The van der Waals surface area contributed by atoms with Gasteiger partial charge in [-0.1, -0.05) is 12.1 Å². The predicted molar refractivity (Wildman–Crippen MR) is 99.5 cm³/mol. The van der Waals surface area contributed by atoms with Gasteiger partial charge in [0, 0.05) is 23.9 Å². The number of thiophene rings is 1. The van der Waals surface area contributed by atoms with E-state index in [1.54, 1.807) is 23.5 Å². The molecule has 0 radical (unpaired) electrons. The summed E-state index contributed by atoms with van der Waals surface area (Å²) in [7, 11) is -3.71. The van der Waals surface area contributed by atoms with Crippen molar-refractivity contribution in [3.63, 3.8) is 0 Å². The molecule has 3 aromatic rings. The number of aromatic nitrogens is 2. The Bertz CT molecular complexity index is 1040. The molecule has 1 saturated heterocycles. The van der Waals surface area contributed by atoms with Gasteiger partial charge >= 0.3 is 0 Å². The molecule has 1 aliphatic heterocycles. The van der Waals surface area contributed by atoms with Crippen LogP contribution in [0.2, 0.25) is 0 Å². The van der Waals surface area contributed by atoms with Crippen molar-refractivity contribution in [1.82, 2.24) is 19.9 Å². The number of carbonyl (C=O) groups is 1. The molecule has 142 valence electrons. The highest BCUT2D eigenvalue weighted by Gasteiger charge is 2.33. The summed E-state index contributed by atoms with van der Waals surface area (Å²) < 4.78 is 32.0. The van der Waals surface area contributed by atoms with E-state index in [2.05, 4.69) is 20.3 Å². The topological polar surface area (TPSA) is 105 Å². The van der Waals surface area contributed by atoms with E-state index in [-0.39, 0.29) is 22.2 Å². The van der Waals surface area contributed by atoms with Crippen LogP contribution in [0.15, 0.2) is 45.2 Å². The lowest BCUT2D eigenvalue weighted by atomic mass is 9.97. The van der Waals surface area contributed by atoms with Gasteiger partial charge in [0.2, 0.25) is 15.9 Å². The molecule has 0 spiro atoms. The van der Waals surface area contributed by atoms with Gasteiger partial charge in [0.1, 0.15) is 10.4 Å². The standard InChI is InChI=1S/C17H18N4O4S2/c22-17(18-11-13-3-2-10-26-13)12-6-8-21(9-7-12)27(23,24)15-5-1-4-14-16(15)20-25-19-14/h1-5,10,12H,6-9,11H2,(H,18,22). The lowest BCUT2D eigenvalue weighted by Gasteiger charge is -2.30. The number of sulfonamides is 1. The van der Waals surface area contributed by atoms with Crippen LogP contribution in [-0.4, -0.2) is 42.0 Å². The van der Waals surface area contributed by atoms with Crippen molar-refractivity contribution in [3.05, 3.63) is 40.6 Å². The highest BCUT2D eigenvalue weighted by molar-refractivity contribution is 7.89. The van der Waals surface area contributed by atoms with Crippen LogP contribution in [0.5, 0.6) is 0 Å². The van der Waals surface area contributed by atoms with Crippen LogP contribution in [0, 0.1) is 5.92 Å². The summed E-state index contributed by atoms with van der Waals surface area (Å²) in [6.07, 6.45) is 0.977. The molecule has 4 rings (SSSR count). The Morgan fingerprint density at radius 1 is 1.22 bits per heavy atom. The average Bonchev–Trinajstić information content (AvgIpc) is 3.37. The second-order valence-corrected chi connectivity index (χ2v) is 9.30. The molecule has 1 fully saturated rings. The van der Waals surface area contributed by atoms with E-state index in [0.717, 1.165) is 4.88 Å². The molecule has 27 heavy (non-hydrogen) atoms. The Balaban J connectivity index is 1.41. The molecule has 0 unspecified atom stereocenters. The summed E-state index contributed by atoms with van der Waals surface area (Å²) in [6.45, 7) is 1.10. The minimum atomic E-state index is -3.71. The first kappa shape index (κ1) is 18.1. The van der Waals surface area contributed by atoms with Gasteiger partial charge in [-0.05, 0) is 46.7 Å². The van der Waals surface area contributed by atoms with Gasteiger partial charge < -0.3 is 5.32 Å². The Morgan fingerprint density at radius 2 is 2.04 bits per heavy atom. The van der Waals surface area contributed by atoms with Crippen LogP contribution in [0.25, 0.3) is 11.0 Å². The van der Waals surface area contributed by atoms with Crippen molar-refractivity contribution in [2.24, 2.45) is 5.92 Å². The molecule has 8 nitrogen and oxygen atoms in total. The van der Waals surface area contributed by atoms with Crippen molar-refractivity contribution >= 4 is 38.3 Å². The predicted octanol–water partition coefficient (Wildman–Crippen LogP) is 2.00. The number of benzene rings is 1. The molecule has 1 amide bonds. The van der Waals surface area contributed by atoms with E-state index in [0.29, 0.717) is 38.0 Å². The first-order valence-electron chi connectivity index (χ1n) is 8.57. The van der Waals surface area contributed by atoms with Crippen LogP contribution in [0.1, 0.15) is 17.7 Å². The lowest BCUT2D eigenvalue weighted by molar-refractivity contribution is -0.126. The van der Waals surface area contributed by atoms with E-state index < -0.39 is 10.0 Å². The molecule has 3 heterocycles. The van der Waals surface area contributed by atoms with E-state index in [4.69, 9.17) is 0 Å². The largest absolute Gasteiger partial charge is 0.351 e. The molecule has 10 heteroatoms. The van der Waals surface area contributed by atoms with Crippen molar-refractivity contribution < 1.29 is 17.8 Å². The summed E-state index contributed by atoms with van der Waals surface area (Å²) in [5, 5.41) is 12.3. The summed E-state index contributed by atoms with van der Waals surface area (Å²) in [4.78, 5) is 13.5. The molecule has 0 atom stereocenters. The van der Waals surface area contributed by atoms with Crippen molar-refractivity contribution in [3.8, 4) is 0 Å². The zero-order valence-electron chi connectivity index (χ0n) is 14.4. The quantitative estimate of drug-likeness (QED) is 0.695. The number of nitrogens with zero attached hydrogens (tertiary/aromatic N) is 3. The van der Waals surface area contributed by atoms with Crippen LogP contribution in [0.4, 0.5) is 0 Å². The summed E-state index contributed by atoms with van der Waals surface area (Å²) in [5.41, 5.74) is 0.632. The number of piperidine rings is 1. The highest BCUT2D eigenvalue weighted by Crippen LogP contribution is 2.27. The van der Waals surface area contributed by atoms with Gasteiger partial charge in [0.25, 0.3) is 0 Å². The van der Waals surface area contributed by atoms with Gasteiger partial charge in [-0.3, -0.25) is 4.79 Å². The monoisotopic (exact) mass is 406 g/mol. The van der Waals surface area contributed by atoms with Crippen molar-refractivity contribution in [2.75, 3.05) is 13.1 Å². The Kier molecular flexibility index (Phi) is 4.94. The van der Waals surface area contributed by atoms with Crippen LogP contribution in [-0.2, 0) is 21.4 Å². The third-order valence-corrected chi connectivity index (χ3v) is 7.52. The number of fused-ring (bicyclic) bond motifs is 1. The smallest absolute Gasteiger partial charge is 0.245 e. The number of hydrogen-bond donors (Lipinski definition) is 1. The Hall–Kier alpha value is -2.30. The minimum absolute atomic E-state index is 0.0248. The van der Waals surface area contributed by atoms with Crippen LogP contribution >= 0.6 is 11.3 Å². The number of carbonyl (C=O) groups excluding carboxylic acids is 1. The second kappa shape index (κ2) is 7.37. The van der Waals surface area contributed by atoms with Gasteiger partial charge in [-0.15, -0.1) is 11.3 Å². The van der Waals surface area contributed by atoms with E-state index in [1.165, 1.54) is 10.4 Å². The Labute approximate surface area is 160 Å². The van der Waals surface area contributed by atoms with E-state index in [9.17, 15) is 13.2 Å². The lowest BCUT2D eigenvalue weighted by Crippen LogP contribution is -2.42. The van der Waals surface area contributed by atoms with Gasteiger partial charge in [-0.25, -0.2) is 13.0 Å². The third kappa shape index (κ3) is 3.60. The second-order valence-electron chi connectivity index (χ2n) is 6.36. The zero-order valence-corrected chi connectivity index (χ0v) is 16.0. The fraction of sp³-hybridized carbons (Fsp3) is 0.353. The van der Waals surface area contributed by atoms with E-state index in [1.807, 2.05) is 17.5 Å². The van der Waals surface area contributed by atoms with Crippen molar-refractivity contribution in [2.45, 2.75) is 24.3 Å². The SMILES string of the molecule is O=C(NCc1cccs1)C1CCN(S(=O)(=O)c2cccc3nonc23)CC1. The maximum absolute atomic E-state index is 13.0. The molecule has 2 aromatic heterocycles. The third-order valence-electron chi connectivity index (χ3n) is 4.71. The highest BCUT2D eigenvalue weighted by atomic mass is 32.2. The van der Waals surface area contributed by atoms with Crippen LogP contribution < -0.4 is 5.32 Å². The molecule has 1 aromatic carbocycles. The first-order valence-corrected chi connectivity index (χ1v) is 10.9. The molecular formula is C17H18N4O4S2. The minimum Gasteiger partial charge on any atom is -0.351 e. The number of nitrogens with one attached hydrogen (secondary N) is 1. The fourth-order valence-corrected chi connectivity index (χ4v) is 5.47. The molecule has 1 N–H and O–H groups in total. The van der Waals surface area contributed by atoms with E-state index >= 15 is 0 Å². The van der Waals surface area contributed by atoms with Gasteiger partial charge in [0.05, 0.1) is 6.54 Å². The average molecular weight is 406 g/mol. The zero-order chi connectivity index (χ0) is 18.9. The Morgan fingerprint density at radius 3 is 2.78 bits per heavy atom. The summed E-state index contributed by atoms with van der Waals surface area (Å²) in [6, 6.07) is 8.68. The molecule has 1 aliphatic rings. The van der Waals surface area contributed by atoms with Gasteiger partial charge in [0.15, 0.2) is 5.52 Å². The number of hydrogen-bond acceptors (Lipinski definition) is 7. The van der Waals surface area contributed by atoms with Crippen molar-refractivity contribution in [1.29, 1.82) is 0 Å². The maximum Gasteiger partial charge on any atom is 0.245 e. The number of rotatable bonds is 5. The molecule has 0 aliphatic carbocycles. The fourth-order valence-electron chi connectivity index (χ4n) is 3.22. The summed E-state index contributed by atoms with van der Waals surface area (Å²) in [5.74, 6) is -0.204. The summed E-state index contributed by atoms with van der Waals surface area (Å²) >= 11 is 1.59.